The van der Waals surface area contributed by atoms with Gasteiger partial charge < -0.3 is 10.2 Å². The van der Waals surface area contributed by atoms with E-state index in [9.17, 15) is 4.79 Å². The molecule has 0 aromatic heterocycles. The summed E-state index contributed by atoms with van der Waals surface area (Å²) in [5.74, 6) is 0.981. The van der Waals surface area contributed by atoms with Crippen molar-refractivity contribution in [2.75, 3.05) is 25.5 Å². The van der Waals surface area contributed by atoms with E-state index in [4.69, 9.17) is 0 Å². The fourth-order valence-electron chi connectivity index (χ4n) is 3.29. The van der Waals surface area contributed by atoms with Gasteiger partial charge in [-0.3, -0.25) is 4.79 Å². The summed E-state index contributed by atoms with van der Waals surface area (Å²) in [7, 11) is 1.88. The van der Waals surface area contributed by atoms with Gasteiger partial charge in [0.05, 0.1) is 5.56 Å². The Hall–Kier alpha value is -1.51. The van der Waals surface area contributed by atoms with E-state index >= 15 is 0 Å². The third-order valence-corrected chi connectivity index (χ3v) is 4.51. The first-order chi connectivity index (χ1) is 10.2. The Bertz CT molecular complexity index is 484. The van der Waals surface area contributed by atoms with E-state index in [-0.39, 0.29) is 5.91 Å². The second-order valence-corrected chi connectivity index (χ2v) is 6.18. The van der Waals surface area contributed by atoms with Crippen molar-refractivity contribution in [3.63, 3.8) is 0 Å². The lowest BCUT2D eigenvalue weighted by atomic mass is 9.96. The van der Waals surface area contributed by atoms with Crippen LogP contribution in [0.3, 0.4) is 0 Å². The van der Waals surface area contributed by atoms with E-state index in [1.165, 1.54) is 19.3 Å². The number of carbonyl (C=O) groups is 1. The molecule has 0 spiro atoms. The molecule has 1 aromatic rings. The fraction of sp³-hybridized carbons (Fsp3) is 0.611. The first-order valence-corrected chi connectivity index (χ1v) is 8.23. The third-order valence-electron chi connectivity index (χ3n) is 4.51. The molecule has 1 N–H and O–H groups in total. The van der Waals surface area contributed by atoms with E-state index in [1.54, 1.807) is 0 Å². The topological polar surface area (TPSA) is 32.3 Å². The summed E-state index contributed by atoms with van der Waals surface area (Å²) in [4.78, 5) is 14.9. The van der Waals surface area contributed by atoms with Gasteiger partial charge in [0.25, 0.3) is 5.91 Å². The minimum absolute atomic E-state index is 0.181. The number of rotatable bonds is 4. The quantitative estimate of drug-likeness (QED) is 0.905. The molecule has 0 bridgehead atoms. The predicted octanol–water partition coefficient (Wildman–Crippen LogP) is 4.08. The van der Waals surface area contributed by atoms with Crippen LogP contribution in [0.5, 0.6) is 0 Å². The summed E-state index contributed by atoms with van der Waals surface area (Å²) in [6.07, 6.45) is 6.11. The Morgan fingerprint density at radius 1 is 1.33 bits per heavy atom. The second kappa shape index (κ2) is 7.48. The molecular formula is C18H28N2O. The molecule has 0 saturated carbocycles. The van der Waals surface area contributed by atoms with Crippen LogP contribution in [-0.2, 0) is 0 Å². The summed E-state index contributed by atoms with van der Waals surface area (Å²) in [6, 6.07) is 6.05. The fourth-order valence-corrected chi connectivity index (χ4v) is 3.29. The van der Waals surface area contributed by atoms with Crippen LogP contribution in [0.2, 0.25) is 0 Å². The average Bonchev–Trinajstić information content (AvgIpc) is 2.72. The number of amides is 1. The molecule has 0 radical (unpaired) electrons. The van der Waals surface area contributed by atoms with Crippen molar-refractivity contribution in [1.29, 1.82) is 0 Å². The predicted molar refractivity (Wildman–Crippen MR) is 88.9 cm³/mol. The molecule has 3 nitrogen and oxygen atoms in total. The molecule has 1 atom stereocenters. The van der Waals surface area contributed by atoms with Gasteiger partial charge in [0.15, 0.2) is 0 Å². The Morgan fingerprint density at radius 2 is 2.14 bits per heavy atom. The molecule has 116 valence electrons. The highest BCUT2D eigenvalue weighted by Crippen LogP contribution is 2.25. The van der Waals surface area contributed by atoms with Gasteiger partial charge in [-0.05, 0) is 44.2 Å². The minimum Gasteiger partial charge on any atom is -0.387 e. The number of likely N-dealkylation sites (tertiary alicyclic amines) is 1. The average molecular weight is 288 g/mol. The van der Waals surface area contributed by atoms with Crippen molar-refractivity contribution in [1.82, 2.24) is 4.90 Å². The molecule has 1 fully saturated rings. The molecule has 2 rings (SSSR count). The number of nitrogens with one attached hydrogen (secondary N) is 1. The zero-order chi connectivity index (χ0) is 15.2. The Labute approximate surface area is 128 Å². The summed E-state index contributed by atoms with van der Waals surface area (Å²) in [5.41, 5.74) is 2.88. The molecule has 1 aromatic carbocycles. The second-order valence-electron chi connectivity index (χ2n) is 6.18. The zero-order valence-electron chi connectivity index (χ0n) is 13.6. The lowest BCUT2D eigenvalue weighted by molar-refractivity contribution is 0.0760. The van der Waals surface area contributed by atoms with Crippen molar-refractivity contribution in [2.45, 2.75) is 46.0 Å². The minimum atomic E-state index is 0.181. The first kappa shape index (κ1) is 15.9. The molecule has 1 saturated heterocycles. The van der Waals surface area contributed by atoms with Gasteiger partial charge in [-0.2, -0.15) is 0 Å². The summed E-state index contributed by atoms with van der Waals surface area (Å²) >= 11 is 0. The molecule has 1 unspecified atom stereocenters. The van der Waals surface area contributed by atoms with E-state index < -0.39 is 0 Å². The van der Waals surface area contributed by atoms with Crippen LogP contribution in [0.15, 0.2) is 18.2 Å². The molecule has 1 heterocycles. The SMILES string of the molecule is CCCC1CCCN(C(=O)c2cc(C)ccc2NC)CC1. The van der Waals surface area contributed by atoms with Crippen molar-refractivity contribution in [3.8, 4) is 0 Å². The van der Waals surface area contributed by atoms with Crippen molar-refractivity contribution in [3.05, 3.63) is 29.3 Å². The number of aryl methyl sites for hydroxylation is 1. The van der Waals surface area contributed by atoms with E-state index in [2.05, 4.69) is 12.2 Å². The highest BCUT2D eigenvalue weighted by Gasteiger charge is 2.22. The van der Waals surface area contributed by atoms with Gasteiger partial charge in [-0.15, -0.1) is 0 Å². The largest absolute Gasteiger partial charge is 0.387 e. The van der Waals surface area contributed by atoms with Crippen LogP contribution in [0.4, 0.5) is 5.69 Å². The monoisotopic (exact) mass is 288 g/mol. The maximum Gasteiger partial charge on any atom is 0.255 e. The first-order valence-electron chi connectivity index (χ1n) is 8.23. The summed E-state index contributed by atoms with van der Waals surface area (Å²) < 4.78 is 0. The third kappa shape index (κ3) is 3.99. The van der Waals surface area contributed by atoms with Gasteiger partial charge in [-0.1, -0.05) is 31.4 Å². The zero-order valence-corrected chi connectivity index (χ0v) is 13.6. The van der Waals surface area contributed by atoms with Gasteiger partial charge in [-0.25, -0.2) is 0 Å². The molecule has 1 aliphatic rings. The molecule has 1 aliphatic heterocycles. The maximum atomic E-state index is 12.8. The van der Waals surface area contributed by atoms with E-state index in [1.807, 2.05) is 37.1 Å². The number of benzene rings is 1. The smallest absolute Gasteiger partial charge is 0.255 e. The Kier molecular flexibility index (Phi) is 5.66. The highest BCUT2D eigenvalue weighted by molar-refractivity contribution is 5.99. The van der Waals surface area contributed by atoms with Gasteiger partial charge in [0, 0.05) is 25.8 Å². The van der Waals surface area contributed by atoms with Crippen LogP contribution in [0, 0.1) is 12.8 Å². The molecular weight excluding hydrogens is 260 g/mol. The van der Waals surface area contributed by atoms with Crippen molar-refractivity contribution in [2.24, 2.45) is 5.92 Å². The molecule has 1 amide bonds. The number of hydrogen-bond donors (Lipinski definition) is 1. The number of anilines is 1. The van der Waals surface area contributed by atoms with Crippen LogP contribution in [0.1, 0.15) is 54.9 Å². The number of hydrogen-bond acceptors (Lipinski definition) is 2. The van der Waals surface area contributed by atoms with Gasteiger partial charge in [0.2, 0.25) is 0 Å². The standard InChI is InChI=1S/C18H28N2O/c1-4-6-15-7-5-11-20(12-10-15)18(21)16-13-14(2)8-9-17(16)19-3/h8-9,13,15,19H,4-7,10-12H2,1-3H3. The van der Waals surface area contributed by atoms with Crippen molar-refractivity contribution < 1.29 is 4.79 Å². The normalized spacial score (nSPS) is 19.2. The van der Waals surface area contributed by atoms with Gasteiger partial charge in [0.1, 0.15) is 0 Å². The van der Waals surface area contributed by atoms with Crippen molar-refractivity contribution >= 4 is 11.6 Å². The molecule has 3 heteroatoms. The van der Waals surface area contributed by atoms with Crippen LogP contribution in [0.25, 0.3) is 0 Å². The van der Waals surface area contributed by atoms with E-state index in [0.29, 0.717) is 0 Å². The summed E-state index contributed by atoms with van der Waals surface area (Å²) in [5, 5.41) is 3.14. The Morgan fingerprint density at radius 3 is 2.86 bits per heavy atom. The molecule has 21 heavy (non-hydrogen) atoms. The number of nitrogens with zero attached hydrogens (tertiary/aromatic N) is 1. The number of carbonyl (C=O) groups excluding carboxylic acids is 1. The Balaban J connectivity index is 2.11. The lowest BCUT2D eigenvalue weighted by Crippen LogP contribution is -2.32. The van der Waals surface area contributed by atoms with Crippen LogP contribution in [-0.4, -0.2) is 30.9 Å². The van der Waals surface area contributed by atoms with Crippen LogP contribution >= 0.6 is 0 Å². The summed E-state index contributed by atoms with van der Waals surface area (Å²) in [6.45, 7) is 6.09. The van der Waals surface area contributed by atoms with E-state index in [0.717, 1.165) is 48.7 Å². The lowest BCUT2D eigenvalue weighted by Gasteiger charge is -2.22. The van der Waals surface area contributed by atoms with Gasteiger partial charge >= 0.3 is 0 Å². The molecule has 0 aliphatic carbocycles. The van der Waals surface area contributed by atoms with Crippen LogP contribution < -0.4 is 5.32 Å². The highest BCUT2D eigenvalue weighted by atomic mass is 16.2. The maximum absolute atomic E-state index is 12.8.